The highest BCUT2D eigenvalue weighted by Crippen LogP contribution is 2.13. The largest absolute Gasteiger partial charge is 0.748 e. The fraction of sp³-hybridized carbons (Fsp3) is 0.333. The Balaban J connectivity index is 2.17. The molecular formula is C12H14N4O3S. The number of hydrogen-bond donors (Lipinski definition) is 0. The molecule has 0 aromatic carbocycles. The molecule has 0 aliphatic heterocycles. The van der Waals surface area contributed by atoms with Crippen LogP contribution in [0, 0.1) is 13.8 Å². The summed E-state index contributed by atoms with van der Waals surface area (Å²) in [6.45, 7) is 3.86. The molecule has 7 nitrogen and oxygen atoms in total. The first-order chi connectivity index (χ1) is 9.35. The molecule has 0 bridgehead atoms. The van der Waals surface area contributed by atoms with Crippen molar-refractivity contribution >= 4 is 10.1 Å². The number of nitrogens with zero attached hydrogens (tertiary/aromatic N) is 4. The molecule has 0 spiro atoms. The van der Waals surface area contributed by atoms with E-state index in [9.17, 15) is 13.0 Å². The van der Waals surface area contributed by atoms with E-state index < -0.39 is 15.9 Å². The maximum absolute atomic E-state index is 10.5. The second-order valence-electron chi connectivity index (χ2n) is 4.40. The van der Waals surface area contributed by atoms with Gasteiger partial charge in [-0.15, -0.1) is 0 Å². The highest BCUT2D eigenvalue weighted by Gasteiger charge is 2.09. The molecule has 2 aromatic rings. The predicted molar refractivity (Wildman–Crippen MR) is 69.5 cm³/mol. The lowest BCUT2D eigenvalue weighted by atomic mass is 10.2. The molecule has 0 unspecified atom stereocenters. The summed E-state index contributed by atoms with van der Waals surface area (Å²) in [5, 5.41) is 4.04. The van der Waals surface area contributed by atoms with E-state index in [1.807, 2.05) is 13.8 Å². The normalized spacial score (nSPS) is 11.6. The van der Waals surface area contributed by atoms with Crippen molar-refractivity contribution in [1.29, 1.82) is 0 Å². The minimum absolute atomic E-state index is 0.0277. The maximum Gasteiger partial charge on any atom is 0.197 e. The SMILES string of the molecule is Cc1cnc(-c2cc[n+](CCS(=O)(=O)[O-])nc2)nc1C. The lowest BCUT2D eigenvalue weighted by molar-refractivity contribution is -0.750. The molecule has 0 fully saturated rings. The average molecular weight is 294 g/mol. The van der Waals surface area contributed by atoms with Crippen LogP contribution in [0.3, 0.4) is 0 Å². The van der Waals surface area contributed by atoms with Crippen LogP contribution in [0.4, 0.5) is 0 Å². The van der Waals surface area contributed by atoms with Gasteiger partial charge in [-0.1, -0.05) is 4.68 Å². The minimum Gasteiger partial charge on any atom is -0.748 e. The van der Waals surface area contributed by atoms with Crippen molar-refractivity contribution in [3.8, 4) is 11.4 Å². The molecular weight excluding hydrogens is 280 g/mol. The van der Waals surface area contributed by atoms with Gasteiger partial charge < -0.3 is 4.55 Å². The maximum atomic E-state index is 10.5. The molecule has 0 radical (unpaired) electrons. The van der Waals surface area contributed by atoms with Gasteiger partial charge in [0.1, 0.15) is 16.3 Å². The van der Waals surface area contributed by atoms with E-state index in [2.05, 4.69) is 15.1 Å². The van der Waals surface area contributed by atoms with Gasteiger partial charge in [0, 0.05) is 23.5 Å². The molecule has 0 saturated heterocycles. The summed E-state index contributed by atoms with van der Waals surface area (Å²) in [5.74, 6) is 0.0775. The van der Waals surface area contributed by atoms with Crippen molar-refractivity contribution in [1.82, 2.24) is 15.1 Å². The first kappa shape index (κ1) is 14.5. The Bertz CT molecular complexity index is 714. The summed E-state index contributed by atoms with van der Waals surface area (Å²) in [6.07, 6.45) is 4.88. The van der Waals surface area contributed by atoms with Gasteiger partial charge in [0.05, 0.1) is 5.75 Å². The third-order valence-corrected chi connectivity index (χ3v) is 3.51. The second kappa shape index (κ2) is 5.59. The molecule has 8 heteroatoms. The zero-order chi connectivity index (χ0) is 14.8. The Hall–Kier alpha value is -1.93. The van der Waals surface area contributed by atoms with Gasteiger partial charge in [0.25, 0.3) is 0 Å². The molecule has 0 aliphatic rings. The van der Waals surface area contributed by atoms with Crippen LogP contribution in [0.1, 0.15) is 11.3 Å². The monoisotopic (exact) mass is 294 g/mol. The minimum atomic E-state index is -4.23. The highest BCUT2D eigenvalue weighted by molar-refractivity contribution is 7.85. The quantitative estimate of drug-likeness (QED) is 0.580. The zero-order valence-corrected chi connectivity index (χ0v) is 12.0. The summed E-state index contributed by atoms with van der Waals surface area (Å²) in [7, 11) is -4.23. The summed E-state index contributed by atoms with van der Waals surface area (Å²) in [5.41, 5.74) is 2.63. The molecule has 2 heterocycles. The third kappa shape index (κ3) is 3.78. The number of rotatable bonds is 4. The van der Waals surface area contributed by atoms with Gasteiger partial charge in [-0.05, 0) is 24.5 Å². The Morgan fingerprint density at radius 2 is 2.05 bits per heavy atom. The van der Waals surface area contributed by atoms with Gasteiger partial charge in [-0.25, -0.2) is 18.4 Å². The Kier molecular flexibility index (Phi) is 4.05. The van der Waals surface area contributed by atoms with Crippen molar-refractivity contribution in [3.05, 3.63) is 35.9 Å². The molecule has 0 amide bonds. The van der Waals surface area contributed by atoms with E-state index in [-0.39, 0.29) is 6.54 Å². The van der Waals surface area contributed by atoms with Crippen LogP contribution in [0.25, 0.3) is 11.4 Å². The topological polar surface area (TPSA) is 99.8 Å². The van der Waals surface area contributed by atoms with Crippen LogP contribution in [0.2, 0.25) is 0 Å². The number of aryl methyl sites for hydroxylation is 3. The van der Waals surface area contributed by atoms with Crippen LogP contribution in [-0.4, -0.2) is 33.8 Å². The fourth-order valence-corrected chi connectivity index (χ4v) is 1.93. The van der Waals surface area contributed by atoms with Crippen LogP contribution in [0.5, 0.6) is 0 Å². The first-order valence-electron chi connectivity index (χ1n) is 5.95. The Morgan fingerprint density at radius 3 is 2.60 bits per heavy atom. The average Bonchev–Trinajstić information content (AvgIpc) is 2.39. The highest BCUT2D eigenvalue weighted by atomic mass is 32.2. The molecule has 0 N–H and O–H groups in total. The summed E-state index contributed by atoms with van der Waals surface area (Å²) < 4.78 is 33.0. The standard InChI is InChI=1S/C12H14N4O3S/c1-9-7-13-12(15-10(9)2)11-3-4-16(14-8-11)5-6-20(17,18)19/h3-4,7-8H,5-6H2,1-2H3. The first-order valence-corrected chi connectivity index (χ1v) is 7.53. The molecule has 106 valence electrons. The van der Waals surface area contributed by atoms with Crippen molar-refractivity contribution in [2.75, 3.05) is 5.75 Å². The predicted octanol–water partition coefficient (Wildman–Crippen LogP) is -0.0119. The number of hydrogen-bond acceptors (Lipinski definition) is 6. The van der Waals surface area contributed by atoms with Crippen LogP contribution < -0.4 is 4.68 Å². The smallest absolute Gasteiger partial charge is 0.197 e. The third-order valence-electron chi connectivity index (χ3n) is 2.82. The molecule has 20 heavy (non-hydrogen) atoms. The van der Waals surface area contributed by atoms with Gasteiger partial charge in [-0.3, -0.25) is 0 Å². The summed E-state index contributed by atoms with van der Waals surface area (Å²) in [4.78, 5) is 8.57. The van der Waals surface area contributed by atoms with E-state index in [0.29, 0.717) is 5.82 Å². The van der Waals surface area contributed by atoms with E-state index >= 15 is 0 Å². The molecule has 2 rings (SSSR count). The summed E-state index contributed by atoms with van der Waals surface area (Å²) in [6, 6.07) is 1.73. The molecule has 0 atom stereocenters. The molecule has 0 saturated carbocycles. The van der Waals surface area contributed by atoms with Crippen molar-refractivity contribution in [2.24, 2.45) is 0 Å². The lowest BCUT2D eigenvalue weighted by Gasteiger charge is -2.03. The van der Waals surface area contributed by atoms with Crippen molar-refractivity contribution in [2.45, 2.75) is 20.4 Å². The van der Waals surface area contributed by atoms with Gasteiger partial charge in [-0.2, -0.15) is 0 Å². The number of aromatic nitrogens is 4. The van der Waals surface area contributed by atoms with E-state index in [1.165, 1.54) is 4.68 Å². The van der Waals surface area contributed by atoms with Gasteiger partial charge in [0.15, 0.2) is 18.6 Å². The van der Waals surface area contributed by atoms with Crippen LogP contribution >= 0.6 is 0 Å². The Labute approximate surface area is 117 Å². The van der Waals surface area contributed by atoms with Crippen molar-refractivity contribution in [3.63, 3.8) is 0 Å². The summed E-state index contributed by atoms with van der Waals surface area (Å²) >= 11 is 0. The van der Waals surface area contributed by atoms with E-state index in [0.717, 1.165) is 16.8 Å². The van der Waals surface area contributed by atoms with Crippen LogP contribution in [0.15, 0.2) is 24.7 Å². The fourth-order valence-electron chi connectivity index (χ4n) is 1.52. The van der Waals surface area contributed by atoms with Gasteiger partial charge in [0.2, 0.25) is 0 Å². The van der Waals surface area contributed by atoms with E-state index in [4.69, 9.17) is 0 Å². The molecule has 2 aromatic heterocycles. The molecule has 0 aliphatic carbocycles. The van der Waals surface area contributed by atoms with Crippen LogP contribution in [-0.2, 0) is 16.7 Å². The van der Waals surface area contributed by atoms with E-state index in [1.54, 1.807) is 24.7 Å². The Morgan fingerprint density at radius 1 is 1.30 bits per heavy atom. The van der Waals surface area contributed by atoms with Crippen molar-refractivity contribution < 1.29 is 17.7 Å². The lowest BCUT2D eigenvalue weighted by Crippen LogP contribution is -2.40. The second-order valence-corrected chi connectivity index (χ2v) is 5.93. The zero-order valence-electron chi connectivity index (χ0n) is 11.1. The van der Waals surface area contributed by atoms with Gasteiger partial charge >= 0.3 is 0 Å².